The van der Waals surface area contributed by atoms with E-state index in [9.17, 15) is 8.42 Å². The van der Waals surface area contributed by atoms with Crippen LogP contribution in [0, 0.1) is 5.92 Å². The van der Waals surface area contributed by atoms with Crippen LogP contribution in [-0.4, -0.2) is 33.8 Å². The van der Waals surface area contributed by atoms with Crippen LogP contribution in [0.1, 0.15) is 44.9 Å². The van der Waals surface area contributed by atoms with Crippen molar-refractivity contribution in [3.63, 3.8) is 0 Å². The van der Waals surface area contributed by atoms with Gasteiger partial charge in [-0.25, -0.2) is 13.4 Å². The number of hydrogen-bond acceptors (Lipinski definition) is 4. The summed E-state index contributed by atoms with van der Waals surface area (Å²) in [6, 6.07) is 15.0. The van der Waals surface area contributed by atoms with Crippen LogP contribution >= 0.6 is 24.0 Å². The van der Waals surface area contributed by atoms with E-state index in [1.165, 1.54) is 6.26 Å². The van der Waals surface area contributed by atoms with Crippen molar-refractivity contribution in [2.75, 3.05) is 19.4 Å². The minimum atomic E-state index is -3.19. The Hall–Kier alpha value is -1.81. The van der Waals surface area contributed by atoms with Crippen molar-refractivity contribution >= 4 is 39.8 Å². The van der Waals surface area contributed by atoms with Gasteiger partial charge in [0.2, 0.25) is 0 Å². The molecule has 0 radical (unpaired) electrons. The SMILES string of the molecule is CCNC(=NCc1ccc(S(C)(=O)=O)cc1)NC(C)c1ccc(OCC(C)C)cc1.I. The third-order valence-electron chi connectivity index (χ3n) is 4.43. The molecule has 0 aliphatic carbocycles. The van der Waals surface area contributed by atoms with Gasteiger partial charge in [-0.15, -0.1) is 24.0 Å². The van der Waals surface area contributed by atoms with Crippen molar-refractivity contribution in [1.29, 1.82) is 0 Å². The molecule has 0 aliphatic rings. The number of nitrogens with zero attached hydrogens (tertiary/aromatic N) is 1. The zero-order valence-electron chi connectivity index (χ0n) is 18.9. The standard InChI is InChI=1S/C23H33N3O3S.HI/c1-6-24-23(25-15-19-7-13-22(14-8-19)30(5,27)28)26-18(4)20-9-11-21(12-10-20)29-16-17(2)3;/h7-14,17-18H,6,15-16H2,1-5H3,(H2,24,25,26);1H. The summed E-state index contributed by atoms with van der Waals surface area (Å²) in [7, 11) is -3.19. The molecular weight excluding hydrogens is 525 g/mol. The first-order valence-electron chi connectivity index (χ1n) is 10.3. The van der Waals surface area contributed by atoms with Crippen LogP contribution in [-0.2, 0) is 16.4 Å². The maximum Gasteiger partial charge on any atom is 0.192 e. The van der Waals surface area contributed by atoms with Gasteiger partial charge in [-0.2, -0.15) is 0 Å². The van der Waals surface area contributed by atoms with E-state index in [0.29, 0.717) is 29.9 Å². The first-order chi connectivity index (χ1) is 14.2. The third kappa shape index (κ3) is 9.47. The van der Waals surface area contributed by atoms with Gasteiger partial charge in [-0.1, -0.05) is 38.1 Å². The van der Waals surface area contributed by atoms with E-state index < -0.39 is 9.84 Å². The van der Waals surface area contributed by atoms with Crippen molar-refractivity contribution in [3.05, 3.63) is 59.7 Å². The molecular formula is C23H34IN3O3S. The average molecular weight is 560 g/mol. The first-order valence-corrected chi connectivity index (χ1v) is 12.1. The number of benzene rings is 2. The van der Waals surface area contributed by atoms with Crippen LogP contribution in [0.25, 0.3) is 0 Å². The quantitative estimate of drug-likeness (QED) is 0.268. The molecule has 0 spiro atoms. The second kappa shape index (κ2) is 12.9. The van der Waals surface area contributed by atoms with Crippen molar-refractivity contribution in [3.8, 4) is 5.75 Å². The normalized spacial score (nSPS) is 12.8. The van der Waals surface area contributed by atoms with Gasteiger partial charge < -0.3 is 15.4 Å². The summed E-state index contributed by atoms with van der Waals surface area (Å²) in [5, 5.41) is 6.66. The van der Waals surface area contributed by atoms with E-state index in [-0.39, 0.29) is 30.0 Å². The largest absolute Gasteiger partial charge is 0.493 e. The molecule has 0 aromatic heterocycles. The highest BCUT2D eigenvalue weighted by molar-refractivity contribution is 14.0. The summed E-state index contributed by atoms with van der Waals surface area (Å²) in [5.41, 5.74) is 2.08. The highest BCUT2D eigenvalue weighted by atomic mass is 127. The minimum Gasteiger partial charge on any atom is -0.493 e. The maximum absolute atomic E-state index is 11.6. The Labute approximate surface area is 203 Å². The van der Waals surface area contributed by atoms with E-state index in [2.05, 4.69) is 48.5 Å². The Morgan fingerprint density at radius 1 is 1.03 bits per heavy atom. The molecule has 0 saturated heterocycles. The van der Waals surface area contributed by atoms with Crippen LogP contribution in [0.5, 0.6) is 5.75 Å². The molecule has 8 heteroatoms. The van der Waals surface area contributed by atoms with Crippen LogP contribution < -0.4 is 15.4 Å². The van der Waals surface area contributed by atoms with Gasteiger partial charge in [0.15, 0.2) is 15.8 Å². The fourth-order valence-electron chi connectivity index (χ4n) is 2.74. The Morgan fingerprint density at radius 2 is 1.65 bits per heavy atom. The van der Waals surface area contributed by atoms with E-state index >= 15 is 0 Å². The van der Waals surface area contributed by atoms with Crippen molar-refractivity contribution < 1.29 is 13.2 Å². The van der Waals surface area contributed by atoms with E-state index in [4.69, 9.17) is 4.74 Å². The summed E-state index contributed by atoms with van der Waals surface area (Å²) in [5.74, 6) is 2.07. The molecule has 0 bridgehead atoms. The Balaban J connectivity index is 0.00000480. The number of rotatable bonds is 9. The maximum atomic E-state index is 11.6. The smallest absolute Gasteiger partial charge is 0.192 e. The Bertz CT molecular complexity index is 928. The van der Waals surface area contributed by atoms with Gasteiger partial charge in [0.25, 0.3) is 0 Å². The van der Waals surface area contributed by atoms with Crippen molar-refractivity contribution in [2.45, 2.75) is 45.2 Å². The second-order valence-electron chi connectivity index (χ2n) is 7.75. The molecule has 0 heterocycles. The lowest BCUT2D eigenvalue weighted by Gasteiger charge is -2.19. The molecule has 2 rings (SSSR count). The van der Waals surface area contributed by atoms with Gasteiger partial charge in [0.05, 0.1) is 24.1 Å². The number of hydrogen-bond donors (Lipinski definition) is 2. The van der Waals surface area contributed by atoms with E-state index in [1.54, 1.807) is 24.3 Å². The second-order valence-corrected chi connectivity index (χ2v) is 9.77. The number of aliphatic imine (C=N–C) groups is 1. The number of ether oxygens (including phenoxy) is 1. The third-order valence-corrected chi connectivity index (χ3v) is 5.56. The molecule has 0 aliphatic heterocycles. The van der Waals surface area contributed by atoms with Crippen LogP contribution in [0.2, 0.25) is 0 Å². The molecule has 6 nitrogen and oxygen atoms in total. The van der Waals surface area contributed by atoms with Crippen molar-refractivity contribution in [2.24, 2.45) is 10.9 Å². The zero-order valence-corrected chi connectivity index (χ0v) is 22.0. The molecule has 0 saturated carbocycles. The summed E-state index contributed by atoms with van der Waals surface area (Å²) >= 11 is 0. The van der Waals surface area contributed by atoms with Gasteiger partial charge in [0, 0.05) is 12.8 Å². The van der Waals surface area contributed by atoms with Gasteiger partial charge in [-0.05, 0) is 55.2 Å². The lowest BCUT2D eigenvalue weighted by Crippen LogP contribution is -2.38. The van der Waals surface area contributed by atoms with E-state index in [0.717, 1.165) is 23.4 Å². The number of nitrogens with one attached hydrogen (secondary N) is 2. The predicted molar refractivity (Wildman–Crippen MR) is 138 cm³/mol. The summed E-state index contributed by atoms with van der Waals surface area (Å²) in [6.45, 7) is 10.3. The predicted octanol–water partition coefficient (Wildman–Crippen LogP) is 4.56. The lowest BCUT2D eigenvalue weighted by molar-refractivity contribution is 0.271. The molecule has 1 unspecified atom stereocenters. The molecule has 2 N–H and O–H groups in total. The van der Waals surface area contributed by atoms with Gasteiger partial charge in [0.1, 0.15) is 5.75 Å². The lowest BCUT2D eigenvalue weighted by atomic mass is 10.1. The van der Waals surface area contributed by atoms with Gasteiger partial charge >= 0.3 is 0 Å². The van der Waals surface area contributed by atoms with Crippen LogP contribution in [0.4, 0.5) is 0 Å². The highest BCUT2D eigenvalue weighted by Gasteiger charge is 2.09. The van der Waals surface area contributed by atoms with Crippen LogP contribution in [0.15, 0.2) is 58.4 Å². The average Bonchev–Trinajstić information content (AvgIpc) is 2.70. The topological polar surface area (TPSA) is 79.8 Å². The summed E-state index contributed by atoms with van der Waals surface area (Å²) in [4.78, 5) is 4.94. The van der Waals surface area contributed by atoms with Crippen molar-refractivity contribution in [1.82, 2.24) is 10.6 Å². The highest BCUT2D eigenvalue weighted by Crippen LogP contribution is 2.18. The summed E-state index contributed by atoms with van der Waals surface area (Å²) in [6.07, 6.45) is 1.21. The molecule has 2 aromatic carbocycles. The number of halogens is 1. The Morgan fingerprint density at radius 3 is 2.16 bits per heavy atom. The fraction of sp³-hybridized carbons (Fsp3) is 0.435. The molecule has 2 aromatic rings. The number of sulfone groups is 1. The van der Waals surface area contributed by atoms with Gasteiger partial charge in [-0.3, -0.25) is 0 Å². The first kappa shape index (κ1) is 27.2. The molecule has 31 heavy (non-hydrogen) atoms. The zero-order chi connectivity index (χ0) is 22.1. The molecule has 172 valence electrons. The fourth-order valence-corrected chi connectivity index (χ4v) is 3.37. The molecule has 0 fully saturated rings. The monoisotopic (exact) mass is 559 g/mol. The van der Waals surface area contributed by atoms with E-state index in [1.807, 2.05) is 19.1 Å². The summed E-state index contributed by atoms with van der Waals surface area (Å²) < 4.78 is 28.9. The Kier molecular flexibility index (Phi) is 11.3. The molecule has 0 amide bonds. The van der Waals surface area contributed by atoms with Crippen LogP contribution in [0.3, 0.4) is 0 Å². The molecule has 1 atom stereocenters. The number of guanidine groups is 1. The minimum absolute atomic E-state index is 0.